The monoisotopic (exact) mass is 482 g/mol. The number of rotatable bonds is 1. The molecule has 0 radical (unpaired) electrons. The van der Waals surface area contributed by atoms with E-state index in [0.29, 0.717) is 19.5 Å². The fourth-order valence-corrected chi connectivity index (χ4v) is 15.7. The number of allylic oxidation sites excluding steroid dienone is 1. The molecule has 0 aromatic rings. The first-order chi connectivity index (χ1) is 14.3. The maximum atomic E-state index is 11.8. The third-order valence-corrected chi connectivity index (χ3v) is 17.2. The van der Waals surface area contributed by atoms with Gasteiger partial charge in [0.1, 0.15) is 0 Å². The zero-order valence-corrected chi connectivity index (χ0v) is 22.1. The van der Waals surface area contributed by atoms with Gasteiger partial charge in [0, 0.05) is 23.0 Å². The summed E-state index contributed by atoms with van der Waals surface area (Å²) >= 11 is 8.84. The van der Waals surface area contributed by atoms with Gasteiger partial charge < -0.3 is 5.11 Å². The minimum Gasteiger partial charge on any atom is -0.393 e. The van der Waals surface area contributed by atoms with Gasteiger partial charge in [0.25, 0.3) is 0 Å². The van der Waals surface area contributed by atoms with Crippen molar-refractivity contribution in [3.8, 4) is 0 Å². The number of hydrogen-bond acceptors (Lipinski definition) is 5. The molecule has 1 spiro atoms. The van der Waals surface area contributed by atoms with E-state index >= 15 is 0 Å². The highest BCUT2D eigenvalue weighted by atomic mass is 32.2. The molecule has 7 atom stereocenters. The molecule has 0 unspecified atom stereocenters. The summed E-state index contributed by atoms with van der Waals surface area (Å²) in [6, 6.07) is 0. The van der Waals surface area contributed by atoms with E-state index in [9.17, 15) is 5.11 Å². The molecule has 5 fully saturated rings. The third-order valence-electron chi connectivity index (χ3n) is 10.3. The van der Waals surface area contributed by atoms with Crippen molar-refractivity contribution in [3.63, 3.8) is 0 Å². The lowest BCUT2D eigenvalue weighted by Crippen LogP contribution is -2.58. The van der Waals surface area contributed by atoms with Crippen molar-refractivity contribution >= 4 is 47.0 Å². The average Bonchev–Trinajstić information content (AvgIpc) is 3.41. The number of hydrogen-bond donors (Lipinski definition) is 1. The van der Waals surface area contributed by atoms with E-state index in [1.165, 1.54) is 61.5 Å². The predicted octanol–water partition coefficient (Wildman–Crippen LogP) is 6.91. The summed E-state index contributed by atoms with van der Waals surface area (Å²) in [6.07, 6.45) is 11.7. The second-order valence-corrected chi connectivity index (χ2v) is 18.0. The van der Waals surface area contributed by atoms with E-state index in [0.717, 1.165) is 24.2 Å². The molecule has 2 aliphatic heterocycles. The molecule has 5 heteroatoms. The van der Waals surface area contributed by atoms with Gasteiger partial charge in [-0.3, -0.25) is 0 Å². The summed E-state index contributed by atoms with van der Waals surface area (Å²) < 4.78 is 0.758. The van der Waals surface area contributed by atoms with Gasteiger partial charge in [-0.25, -0.2) is 0 Å². The Bertz CT molecular complexity index is 739. The Morgan fingerprint density at radius 1 is 0.900 bits per heavy atom. The van der Waals surface area contributed by atoms with Gasteiger partial charge in [0.2, 0.25) is 0 Å². The lowest BCUT2D eigenvalue weighted by Gasteiger charge is -2.61. The summed E-state index contributed by atoms with van der Waals surface area (Å²) in [4.78, 5) is 0. The van der Waals surface area contributed by atoms with Crippen LogP contribution in [0.5, 0.6) is 0 Å². The molecule has 0 aromatic heterocycles. The maximum Gasteiger partial charge on any atom is 0.0795 e. The summed E-state index contributed by atoms with van der Waals surface area (Å²) in [5.74, 6) is 8.11. The van der Waals surface area contributed by atoms with E-state index < -0.39 is 0 Å². The highest BCUT2D eigenvalue weighted by Gasteiger charge is 2.65. The van der Waals surface area contributed by atoms with Crippen LogP contribution in [0.25, 0.3) is 0 Å². The molecule has 0 aromatic carbocycles. The molecule has 0 amide bonds. The predicted molar refractivity (Wildman–Crippen MR) is 138 cm³/mol. The van der Waals surface area contributed by atoms with Crippen LogP contribution >= 0.6 is 47.0 Å². The fourth-order valence-electron chi connectivity index (χ4n) is 9.10. The van der Waals surface area contributed by atoms with Crippen LogP contribution in [-0.2, 0) is 0 Å². The molecular formula is C25H38OS4. The Labute approximate surface area is 200 Å². The molecule has 1 nitrogen and oxygen atoms in total. The average molecular weight is 483 g/mol. The van der Waals surface area contributed by atoms with Crippen LogP contribution in [0, 0.1) is 34.5 Å². The molecule has 4 aliphatic carbocycles. The van der Waals surface area contributed by atoms with Crippen molar-refractivity contribution in [2.24, 2.45) is 34.5 Å². The normalized spacial score (nSPS) is 51.3. The second kappa shape index (κ2) is 7.30. The van der Waals surface area contributed by atoms with Crippen molar-refractivity contribution in [2.45, 2.75) is 80.0 Å². The number of aliphatic hydroxyl groups is 1. The first-order valence-corrected chi connectivity index (χ1v) is 16.2. The number of thioether (sulfide) groups is 4. The van der Waals surface area contributed by atoms with E-state index in [1.54, 1.807) is 5.57 Å². The Balaban J connectivity index is 1.32. The molecule has 3 saturated carbocycles. The molecule has 30 heavy (non-hydrogen) atoms. The van der Waals surface area contributed by atoms with Gasteiger partial charge in [-0.15, -0.1) is 47.0 Å². The van der Waals surface area contributed by atoms with Crippen LogP contribution < -0.4 is 0 Å². The van der Waals surface area contributed by atoms with Gasteiger partial charge >= 0.3 is 0 Å². The smallest absolute Gasteiger partial charge is 0.0795 e. The van der Waals surface area contributed by atoms with Gasteiger partial charge in [-0.1, -0.05) is 25.5 Å². The zero-order chi connectivity index (χ0) is 20.8. The first kappa shape index (κ1) is 21.6. The number of aliphatic hydroxyl groups excluding tert-OH is 1. The quantitative estimate of drug-likeness (QED) is 0.409. The van der Waals surface area contributed by atoms with E-state index in [-0.39, 0.29) is 11.5 Å². The molecule has 2 saturated heterocycles. The van der Waals surface area contributed by atoms with Gasteiger partial charge in [-0.05, 0) is 86.4 Å². The van der Waals surface area contributed by atoms with Crippen molar-refractivity contribution in [3.05, 3.63) is 11.6 Å². The summed E-state index contributed by atoms with van der Waals surface area (Å²) in [7, 11) is 0. The van der Waals surface area contributed by atoms with E-state index in [4.69, 9.17) is 0 Å². The largest absolute Gasteiger partial charge is 0.393 e. The van der Waals surface area contributed by atoms with Crippen LogP contribution in [0.4, 0.5) is 0 Å². The standard InChI is InChI=1S/C25H38OS4/c1-22-8-9-25(29-12-13-30-25)14-16(22)4-5-17-18-6-7-20(24(3)27-10-11-28-24)23(18,2)15-19(26)21(17)22/h14,17-21,26H,4-13,15H2,1-3H3/t17-,18-,19-,20-,21+,22-,23-/m0/s1. The first-order valence-electron chi connectivity index (χ1n) is 12.3. The second-order valence-electron chi connectivity index (χ2n) is 11.6. The molecule has 0 bridgehead atoms. The van der Waals surface area contributed by atoms with Crippen molar-refractivity contribution in [1.29, 1.82) is 0 Å². The van der Waals surface area contributed by atoms with Crippen LogP contribution in [-0.4, -0.2) is 42.4 Å². The summed E-state index contributed by atoms with van der Waals surface area (Å²) in [5, 5.41) is 11.8. The van der Waals surface area contributed by atoms with Crippen LogP contribution in [0.3, 0.4) is 0 Å². The molecule has 6 aliphatic rings. The highest BCUT2D eigenvalue weighted by molar-refractivity contribution is 8.21. The third kappa shape index (κ3) is 2.96. The molecular weight excluding hydrogens is 445 g/mol. The fraction of sp³-hybridized carbons (Fsp3) is 0.920. The maximum absolute atomic E-state index is 11.8. The molecule has 168 valence electrons. The van der Waals surface area contributed by atoms with Gasteiger partial charge in [0.05, 0.1) is 14.3 Å². The Morgan fingerprint density at radius 3 is 2.33 bits per heavy atom. The van der Waals surface area contributed by atoms with Crippen molar-refractivity contribution < 1.29 is 5.11 Å². The SMILES string of the molecule is CC1([C@H]2CC[C@H]3[C@@H]4CCC5=CC6(CC[C@]5(C)[C@H]4[C@@H](O)C[C@]23C)SCCS6)SCCS1. The van der Waals surface area contributed by atoms with Crippen LogP contribution in [0.15, 0.2) is 11.6 Å². The highest BCUT2D eigenvalue weighted by Crippen LogP contribution is 2.71. The van der Waals surface area contributed by atoms with Crippen LogP contribution in [0.2, 0.25) is 0 Å². The number of fused-ring (bicyclic) bond motifs is 5. The summed E-state index contributed by atoms with van der Waals surface area (Å²) in [6.45, 7) is 7.68. The Morgan fingerprint density at radius 2 is 1.60 bits per heavy atom. The molecule has 6 rings (SSSR count). The van der Waals surface area contributed by atoms with Crippen molar-refractivity contribution in [2.75, 3.05) is 23.0 Å². The Kier molecular flexibility index (Phi) is 5.26. The van der Waals surface area contributed by atoms with E-state index in [2.05, 4.69) is 73.9 Å². The van der Waals surface area contributed by atoms with Gasteiger partial charge in [-0.2, -0.15) is 0 Å². The van der Waals surface area contributed by atoms with E-state index in [1.807, 2.05) is 0 Å². The van der Waals surface area contributed by atoms with Gasteiger partial charge in [0.15, 0.2) is 0 Å². The van der Waals surface area contributed by atoms with Crippen LogP contribution in [0.1, 0.15) is 65.7 Å². The lowest BCUT2D eigenvalue weighted by molar-refractivity contribution is -0.128. The zero-order valence-electron chi connectivity index (χ0n) is 18.8. The molecule has 2 heterocycles. The summed E-state index contributed by atoms with van der Waals surface area (Å²) in [5.41, 5.74) is 2.31. The Hall–Kier alpha value is 1.10. The topological polar surface area (TPSA) is 20.2 Å². The van der Waals surface area contributed by atoms with Crippen molar-refractivity contribution in [1.82, 2.24) is 0 Å². The lowest BCUT2D eigenvalue weighted by atomic mass is 9.46. The minimum absolute atomic E-state index is 0.108. The molecule has 1 N–H and O–H groups in total. The minimum atomic E-state index is -0.108.